The van der Waals surface area contributed by atoms with Gasteiger partial charge in [-0.05, 0) is 37.0 Å². The van der Waals surface area contributed by atoms with E-state index in [-0.39, 0.29) is 25.2 Å². The number of fused-ring (bicyclic) bond motifs is 1. The summed E-state index contributed by atoms with van der Waals surface area (Å²) in [5, 5.41) is 10.6. The molecule has 3 aliphatic rings. The lowest BCUT2D eigenvalue weighted by Gasteiger charge is -2.31. The SMILES string of the molecule is CCCCN(CCC[N+](C)(C)C)C(=O)CN1CC(c2cc(OC)c3c(c2)OCO3)C(C(=O)O)C1CCN1CCC(C)(C)C1=O. The highest BCUT2D eigenvalue weighted by Gasteiger charge is 2.48. The lowest BCUT2D eigenvalue weighted by atomic mass is 9.84. The van der Waals surface area contributed by atoms with Gasteiger partial charge >= 0.3 is 5.97 Å². The molecule has 0 aliphatic carbocycles. The number of quaternary nitrogens is 1. The normalized spacial score (nSPS) is 22.9. The van der Waals surface area contributed by atoms with Crippen molar-refractivity contribution in [3.8, 4) is 17.2 Å². The predicted molar refractivity (Wildman–Crippen MR) is 167 cm³/mol. The van der Waals surface area contributed by atoms with Crippen LogP contribution in [-0.4, -0.2) is 129 Å². The van der Waals surface area contributed by atoms with Crippen LogP contribution in [0.25, 0.3) is 0 Å². The minimum absolute atomic E-state index is 0.0243. The number of carbonyl (C=O) groups is 3. The van der Waals surface area contributed by atoms with Crippen LogP contribution < -0.4 is 14.2 Å². The summed E-state index contributed by atoms with van der Waals surface area (Å²) in [6.45, 7) is 10.1. The zero-order valence-corrected chi connectivity index (χ0v) is 27.8. The van der Waals surface area contributed by atoms with E-state index in [1.807, 2.05) is 40.7 Å². The Bertz CT molecular complexity index is 1200. The number of methoxy groups -OCH3 is 1. The van der Waals surface area contributed by atoms with E-state index in [2.05, 4.69) is 28.1 Å². The van der Waals surface area contributed by atoms with E-state index in [0.717, 1.165) is 42.3 Å². The smallest absolute Gasteiger partial charge is 0.308 e. The van der Waals surface area contributed by atoms with E-state index < -0.39 is 29.3 Å². The summed E-state index contributed by atoms with van der Waals surface area (Å²) < 4.78 is 17.6. The van der Waals surface area contributed by atoms with Gasteiger partial charge in [-0.3, -0.25) is 19.3 Å². The Hall–Kier alpha value is -3.05. The van der Waals surface area contributed by atoms with Crippen molar-refractivity contribution < 1.29 is 38.2 Å². The Morgan fingerprint density at radius 2 is 1.89 bits per heavy atom. The average molecular weight is 618 g/mol. The number of carboxylic acids is 1. The van der Waals surface area contributed by atoms with E-state index >= 15 is 0 Å². The van der Waals surface area contributed by atoms with Crippen LogP contribution in [0.1, 0.15) is 64.4 Å². The quantitative estimate of drug-likeness (QED) is 0.299. The number of amides is 2. The topological polar surface area (TPSA) is 109 Å². The van der Waals surface area contributed by atoms with E-state index in [4.69, 9.17) is 14.2 Å². The molecule has 0 bridgehead atoms. The molecule has 1 N–H and O–H groups in total. The van der Waals surface area contributed by atoms with Crippen molar-refractivity contribution in [2.45, 2.75) is 64.8 Å². The van der Waals surface area contributed by atoms with Crippen molar-refractivity contribution in [1.29, 1.82) is 0 Å². The van der Waals surface area contributed by atoms with Gasteiger partial charge in [0.05, 0.1) is 47.3 Å². The van der Waals surface area contributed by atoms with Gasteiger partial charge in [0.2, 0.25) is 24.4 Å². The minimum Gasteiger partial charge on any atom is -0.493 e. The number of unbranched alkanes of at least 4 members (excludes halogenated alkanes) is 1. The van der Waals surface area contributed by atoms with Crippen LogP contribution in [0.5, 0.6) is 17.2 Å². The average Bonchev–Trinajstić information content (AvgIpc) is 3.64. The standard InChI is InChI=1S/C33H52N4O7/c1-8-9-13-34(14-10-17-37(4,5)6)28(38)21-36-20-24(23-18-26(42-7)30-27(19-23)43-22-44-30)29(31(39)40)25(36)11-15-35-16-12-33(2,3)32(35)41/h18-19,24-25,29H,8-17,20-22H2,1-7H3/p+1. The molecule has 11 heteroatoms. The maximum absolute atomic E-state index is 13.9. The van der Waals surface area contributed by atoms with E-state index in [1.165, 1.54) is 0 Å². The van der Waals surface area contributed by atoms with Crippen molar-refractivity contribution in [3.05, 3.63) is 17.7 Å². The number of hydrogen-bond donors (Lipinski definition) is 1. The number of hydrogen-bond acceptors (Lipinski definition) is 7. The molecular weight excluding hydrogens is 564 g/mol. The molecule has 4 rings (SSSR count). The maximum atomic E-state index is 13.9. The molecule has 3 unspecified atom stereocenters. The van der Waals surface area contributed by atoms with Gasteiger partial charge in [-0.15, -0.1) is 0 Å². The number of ether oxygens (including phenoxy) is 3. The molecule has 1 aromatic carbocycles. The van der Waals surface area contributed by atoms with Gasteiger partial charge in [-0.1, -0.05) is 27.2 Å². The molecule has 3 heterocycles. The summed E-state index contributed by atoms with van der Waals surface area (Å²) >= 11 is 0. The fourth-order valence-electron chi connectivity index (χ4n) is 6.83. The van der Waals surface area contributed by atoms with Crippen LogP contribution >= 0.6 is 0 Å². The molecule has 2 amide bonds. The van der Waals surface area contributed by atoms with Crippen LogP contribution in [-0.2, 0) is 14.4 Å². The fraction of sp³-hybridized carbons (Fsp3) is 0.727. The van der Waals surface area contributed by atoms with Crippen LogP contribution in [0.4, 0.5) is 0 Å². The lowest BCUT2D eigenvalue weighted by Crippen LogP contribution is -2.46. The Kier molecular flexibility index (Phi) is 10.7. The highest BCUT2D eigenvalue weighted by atomic mass is 16.7. The number of carbonyl (C=O) groups excluding carboxylic acids is 2. The first-order valence-electron chi connectivity index (χ1n) is 16.1. The molecule has 246 valence electrons. The molecule has 0 saturated carbocycles. The highest BCUT2D eigenvalue weighted by molar-refractivity contribution is 5.84. The highest BCUT2D eigenvalue weighted by Crippen LogP contribution is 2.47. The molecule has 2 fully saturated rings. The third-order valence-corrected chi connectivity index (χ3v) is 9.44. The summed E-state index contributed by atoms with van der Waals surface area (Å²) in [6, 6.07) is 3.26. The molecule has 11 nitrogen and oxygen atoms in total. The second-order valence-electron chi connectivity index (χ2n) is 14.2. The van der Waals surface area contributed by atoms with Crippen molar-refractivity contribution in [3.63, 3.8) is 0 Å². The summed E-state index contributed by atoms with van der Waals surface area (Å²) in [4.78, 5) is 45.8. The van der Waals surface area contributed by atoms with Crippen LogP contribution in [0.2, 0.25) is 0 Å². The number of likely N-dealkylation sites (tertiary alicyclic amines) is 2. The van der Waals surface area contributed by atoms with Crippen LogP contribution in [0.15, 0.2) is 12.1 Å². The van der Waals surface area contributed by atoms with Crippen molar-refractivity contribution in [2.24, 2.45) is 11.3 Å². The molecule has 2 saturated heterocycles. The van der Waals surface area contributed by atoms with E-state index in [0.29, 0.717) is 56.4 Å². The van der Waals surface area contributed by atoms with Gasteiger partial charge in [0.15, 0.2) is 11.5 Å². The predicted octanol–water partition coefficient (Wildman–Crippen LogP) is 3.27. The van der Waals surface area contributed by atoms with Gasteiger partial charge in [-0.2, -0.15) is 0 Å². The number of carboxylic acid groups (broad SMARTS) is 1. The molecule has 0 spiro atoms. The summed E-state index contributed by atoms with van der Waals surface area (Å²) in [7, 11) is 8.00. The minimum atomic E-state index is -0.912. The molecule has 0 radical (unpaired) electrons. The molecule has 1 aromatic rings. The summed E-state index contributed by atoms with van der Waals surface area (Å²) in [5.41, 5.74) is 0.372. The van der Waals surface area contributed by atoms with Crippen LogP contribution in [0.3, 0.4) is 0 Å². The largest absolute Gasteiger partial charge is 0.493 e. The van der Waals surface area contributed by atoms with E-state index in [9.17, 15) is 19.5 Å². The number of benzene rings is 1. The number of rotatable bonds is 15. The zero-order chi connectivity index (χ0) is 32.2. The Balaban J connectivity index is 1.61. The van der Waals surface area contributed by atoms with E-state index in [1.54, 1.807) is 7.11 Å². The molecule has 3 atom stereocenters. The first-order valence-corrected chi connectivity index (χ1v) is 16.1. The lowest BCUT2D eigenvalue weighted by molar-refractivity contribution is -0.870. The second-order valence-corrected chi connectivity index (χ2v) is 14.2. The molecular formula is C33H53N4O7+. The Morgan fingerprint density at radius 1 is 1.16 bits per heavy atom. The van der Waals surface area contributed by atoms with Crippen molar-refractivity contribution >= 4 is 17.8 Å². The van der Waals surface area contributed by atoms with Crippen LogP contribution in [0, 0.1) is 11.3 Å². The molecule has 3 aliphatic heterocycles. The third kappa shape index (κ3) is 7.77. The molecule has 44 heavy (non-hydrogen) atoms. The second kappa shape index (κ2) is 13.9. The molecule has 0 aromatic heterocycles. The Morgan fingerprint density at radius 3 is 2.50 bits per heavy atom. The van der Waals surface area contributed by atoms with Crippen molar-refractivity contribution in [1.82, 2.24) is 14.7 Å². The van der Waals surface area contributed by atoms with Gasteiger partial charge in [0.25, 0.3) is 0 Å². The summed E-state index contributed by atoms with van der Waals surface area (Å²) in [6.07, 6.45) is 4.05. The number of nitrogens with zero attached hydrogens (tertiary/aromatic N) is 4. The first kappa shape index (κ1) is 33.8. The third-order valence-electron chi connectivity index (χ3n) is 9.44. The van der Waals surface area contributed by atoms with Gasteiger partial charge in [0, 0.05) is 56.5 Å². The monoisotopic (exact) mass is 617 g/mol. The van der Waals surface area contributed by atoms with Crippen molar-refractivity contribution in [2.75, 3.05) is 80.9 Å². The summed E-state index contributed by atoms with van der Waals surface area (Å²) in [5.74, 6) is -0.421. The van der Waals surface area contributed by atoms with Gasteiger partial charge in [-0.25, -0.2) is 0 Å². The maximum Gasteiger partial charge on any atom is 0.308 e. The first-order chi connectivity index (χ1) is 20.8. The number of aliphatic carboxylic acids is 1. The van der Waals surface area contributed by atoms with Gasteiger partial charge in [0.1, 0.15) is 0 Å². The zero-order valence-electron chi connectivity index (χ0n) is 27.8. The fourth-order valence-corrected chi connectivity index (χ4v) is 6.83. The van der Waals surface area contributed by atoms with Gasteiger partial charge < -0.3 is 33.6 Å². The Labute approximate surface area is 262 Å².